The Balaban J connectivity index is 1.83. The molecule has 6 heteroatoms. The number of aromatic nitrogens is 2. The van der Waals surface area contributed by atoms with Gasteiger partial charge in [0.05, 0.1) is 6.61 Å². The van der Waals surface area contributed by atoms with Gasteiger partial charge in [0, 0.05) is 13.1 Å². The van der Waals surface area contributed by atoms with Crippen molar-refractivity contribution in [2.75, 3.05) is 30.9 Å². The molecule has 2 aromatic rings. The van der Waals surface area contributed by atoms with Gasteiger partial charge in [-0.2, -0.15) is 10.2 Å². The molecule has 2 heterocycles. The number of nitriles is 1. The number of thioether (sulfide) groups is 1. The predicted molar refractivity (Wildman–Crippen MR) is 114 cm³/mol. The Labute approximate surface area is 172 Å². The normalized spacial score (nSPS) is 13.8. The number of nitrogens with zero attached hydrogens (tertiary/aromatic N) is 4. The van der Waals surface area contributed by atoms with Gasteiger partial charge < -0.3 is 9.64 Å². The van der Waals surface area contributed by atoms with Crippen LogP contribution in [0.1, 0.15) is 43.4 Å². The number of hydrogen-bond acceptors (Lipinski definition) is 6. The largest absolute Gasteiger partial charge is 0.477 e. The van der Waals surface area contributed by atoms with Crippen LogP contribution in [0.5, 0.6) is 5.88 Å². The van der Waals surface area contributed by atoms with Crippen molar-refractivity contribution in [2.45, 2.75) is 44.7 Å². The zero-order valence-electron chi connectivity index (χ0n) is 16.9. The summed E-state index contributed by atoms with van der Waals surface area (Å²) in [7, 11) is 0. The minimum absolute atomic E-state index is 0.419. The molecule has 0 N–H and O–H groups in total. The molecule has 0 saturated carbocycles. The molecule has 0 spiro atoms. The third-order valence-electron chi connectivity index (χ3n) is 5.02. The van der Waals surface area contributed by atoms with Crippen molar-refractivity contribution in [1.82, 2.24) is 9.97 Å². The number of ether oxygens (including phenoxy) is 1. The van der Waals surface area contributed by atoms with Crippen LogP contribution in [0.15, 0.2) is 29.4 Å². The predicted octanol–water partition coefficient (Wildman–Crippen LogP) is 4.49. The Morgan fingerprint density at radius 2 is 1.86 bits per heavy atom. The van der Waals surface area contributed by atoms with Crippen LogP contribution >= 0.6 is 11.8 Å². The third-order valence-corrected chi connectivity index (χ3v) is 5.56. The molecule has 0 atom stereocenters. The molecule has 0 fully saturated rings. The molecule has 1 aromatic heterocycles. The second-order valence-corrected chi connectivity index (χ2v) is 8.24. The molecule has 3 rings (SSSR count). The molecule has 1 aromatic carbocycles. The highest BCUT2D eigenvalue weighted by Crippen LogP contribution is 2.30. The van der Waals surface area contributed by atoms with Gasteiger partial charge in [0.2, 0.25) is 5.88 Å². The van der Waals surface area contributed by atoms with Crippen LogP contribution in [-0.2, 0) is 12.8 Å². The fourth-order valence-electron chi connectivity index (χ4n) is 3.47. The van der Waals surface area contributed by atoms with E-state index in [9.17, 15) is 5.26 Å². The lowest BCUT2D eigenvalue weighted by molar-refractivity contribution is 0.283. The van der Waals surface area contributed by atoms with Gasteiger partial charge in [0.15, 0.2) is 16.5 Å². The van der Waals surface area contributed by atoms with Crippen LogP contribution in [0.4, 0.5) is 5.82 Å². The summed E-state index contributed by atoms with van der Waals surface area (Å²) in [5.74, 6) is 1.76. The van der Waals surface area contributed by atoms with E-state index in [0.717, 1.165) is 38.8 Å². The van der Waals surface area contributed by atoms with Gasteiger partial charge in [0.1, 0.15) is 6.07 Å². The maximum absolute atomic E-state index is 9.84. The van der Waals surface area contributed by atoms with Crippen molar-refractivity contribution in [3.05, 3.63) is 41.0 Å². The average Bonchev–Trinajstić information content (AvgIpc) is 2.93. The summed E-state index contributed by atoms with van der Waals surface area (Å²) in [5.41, 5.74) is 3.22. The molecule has 0 unspecified atom stereocenters. The highest BCUT2D eigenvalue weighted by Gasteiger charge is 2.23. The molecular weight excluding hydrogens is 368 g/mol. The lowest BCUT2D eigenvalue weighted by Gasteiger charge is -2.23. The Kier molecular flexibility index (Phi) is 7.16. The number of fused-ring (bicyclic) bond motifs is 1. The minimum atomic E-state index is 0.419. The number of hydrogen-bond donors (Lipinski definition) is 0. The number of anilines is 1. The van der Waals surface area contributed by atoms with Crippen molar-refractivity contribution >= 4 is 17.6 Å². The zero-order valence-corrected chi connectivity index (χ0v) is 17.8. The van der Waals surface area contributed by atoms with E-state index in [1.807, 2.05) is 6.26 Å². The molecule has 0 bridgehead atoms. The van der Waals surface area contributed by atoms with E-state index >= 15 is 0 Å². The molecular formula is C22H28N4OS. The van der Waals surface area contributed by atoms with Crippen LogP contribution in [0, 0.1) is 17.2 Å². The molecule has 0 saturated heterocycles. The van der Waals surface area contributed by atoms with E-state index in [-0.39, 0.29) is 0 Å². The van der Waals surface area contributed by atoms with Gasteiger partial charge in [-0.1, -0.05) is 49.9 Å². The summed E-state index contributed by atoms with van der Waals surface area (Å²) in [4.78, 5) is 11.4. The van der Waals surface area contributed by atoms with E-state index in [2.05, 4.69) is 59.1 Å². The van der Waals surface area contributed by atoms with E-state index in [4.69, 9.17) is 4.74 Å². The van der Waals surface area contributed by atoms with Crippen LogP contribution < -0.4 is 9.64 Å². The van der Waals surface area contributed by atoms with Gasteiger partial charge in [-0.25, -0.2) is 4.98 Å². The first-order valence-electron chi connectivity index (χ1n) is 9.93. The number of benzene rings is 1. The van der Waals surface area contributed by atoms with Crippen LogP contribution in [0.25, 0.3) is 0 Å². The highest BCUT2D eigenvalue weighted by molar-refractivity contribution is 7.98. The summed E-state index contributed by atoms with van der Waals surface area (Å²) >= 11 is 1.48. The standard InChI is InChI=1S/C22H28N4OS/c1-16(2)7-6-14-27-21-19(15-23)20(24-22(25-21)28-3)26-12-10-17-8-4-5-9-18(17)11-13-26/h4-5,8-9,16H,6-7,10-14H2,1-3H3. The smallest absolute Gasteiger partial charge is 0.238 e. The second-order valence-electron chi connectivity index (χ2n) is 7.47. The quantitative estimate of drug-likeness (QED) is 0.390. The van der Waals surface area contributed by atoms with Gasteiger partial charge in [0.25, 0.3) is 0 Å². The Bertz CT molecular complexity index is 820. The maximum Gasteiger partial charge on any atom is 0.238 e. The van der Waals surface area contributed by atoms with Gasteiger partial charge in [-0.3, -0.25) is 0 Å². The first kappa shape index (κ1) is 20.5. The van der Waals surface area contributed by atoms with E-state index in [1.165, 1.54) is 22.9 Å². The third kappa shape index (κ3) is 4.96. The highest BCUT2D eigenvalue weighted by atomic mass is 32.2. The molecule has 148 valence electrons. The first-order chi connectivity index (χ1) is 13.6. The topological polar surface area (TPSA) is 62.0 Å². The molecule has 0 aliphatic carbocycles. The van der Waals surface area contributed by atoms with Crippen LogP contribution in [0.2, 0.25) is 0 Å². The zero-order chi connectivity index (χ0) is 19.9. The summed E-state index contributed by atoms with van der Waals surface area (Å²) in [6.45, 7) is 6.65. The Morgan fingerprint density at radius 3 is 2.43 bits per heavy atom. The Hall–Kier alpha value is -2.26. The summed E-state index contributed by atoms with van der Waals surface area (Å²) < 4.78 is 5.93. The fourth-order valence-corrected chi connectivity index (χ4v) is 3.82. The van der Waals surface area contributed by atoms with Gasteiger partial charge in [-0.05, 0) is 49.0 Å². The minimum Gasteiger partial charge on any atom is -0.477 e. The van der Waals surface area contributed by atoms with Crippen LogP contribution in [0.3, 0.4) is 0 Å². The molecule has 5 nitrogen and oxygen atoms in total. The first-order valence-corrected chi connectivity index (χ1v) is 11.2. The van der Waals surface area contributed by atoms with E-state index in [1.54, 1.807) is 0 Å². The summed E-state index contributed by atoms with van der Waals surface area (Å²) in [6.07, 6.45) is 5.90. The molecule has 28 heavy (non-hydrogen) atoms. The van der Waals surface area contributed by atoms with E-state index < -0.39 is 0 Å². The SMILES string of the molecule is CSc1nc(OCCCC(C)C)c(C#N)c(N2CCc3ccccc3CC2)n1. The molecule has 0 radical (unpaired) electrons. The number of rotatable bonds is 7. The van der Waals surface area contributed by atoms with Gasteiger partial charge in [-0.15, -0.1) is 0 Å². The summed E-state index contributed by atoms with van der Waals surface area (Å²) in [6, 6.07) is 10.9. The molecule has 1 aliphatic rings. The second kappa shape index (κ2) is 9.79. The Morgan fingerprint density at radius 1 is 1.18 bits per heavy atom. The van der Waals surface area contributed by atoms with Crippen molar-refractivity contribution in [3.63, 3.8) is 0 Å². The molecule has 0 amide bonds. The summed E-state index contributed by atoms with van der Waals surface area (Å²) in [5, 5.41) is 10.5. The van der Waals surface area contributed by atoms with Crippen molar-refractivity contribution < 1.29 is 4.74 Å². The van der Waals surface area contributed by atoms with Crippen molar-refractivity contribution in [1.29, 1.82) is 5.26 Å². The fraction of sp³-hybridized carbons (Fsp3) is 0.500. The maximum atomic E-state index is 9.84. The van der Waals surface area contributed by atoms with Crippen molar-refractivity contribution in [3.8, 4) is 11.9 Å². The van der Waals surface area contributed by atoms with Crippen LogP contribution in [-0.4, -0.2) is 35.9 Å². The lowest BCUT2D eigenvalue weighted by atomic mass is 10.0. The van der Waals surface area contributed by atoms with Crippen molar-refractivity contribution in [2.24, 2.45) is 5.92 Å². The van der Waals surface area contributed by atoms with Gasteiger partial charge >= 0.3 is 0 Å². The van der Waals surface area contributed by atoms with E-state index in [0.29, 0.717) is 34.9 Å². The lowest BCUT2D eigenvalue weighted by Crippen LogP contribution is -2.28. The average molecular weight is 397 g/mol. The molecule has 1 aliphatic heterocycles. The monoisotopic (exact) mass is 396 g/mol.